The molecule has 1 aromatic carbocycles. The van der Waals surface area contributed by atoms with Crippen LogP contribution in [0.3, 0.4) is 0 Å². The Hall–Kier alpha value is -1.46. The van der Waals surface area contributed by atoms with Gasteiger partial charge in [-0.3, -0.25) is 4.79 Å². The Bertz CT molecular complexity index is 600. The van der Waals surface area contributed by atoms with E-state index in [0.29, 0.717) is 29.4 Å². The molecule has 0 fully saturated rings. The Morgan fingerprint density at radius 1 is 1.35 bits per heavy atom. The molecule has 0 radical (unpaired) electrons. The molecule has 0 atom stereocenters. The van der Waals surface area contributed by atoms with Crippen molar-refractivity contribution >= 4 is 29.0 Å². The molecule has 1 heterocycles. The highest BCUT2D eigenvalue weighted by Gasteiger charge is 2.21. The number of carbonyl (C=O) groups excluding carboxylic acids is 1. The van der Waals surface area contributed by atoms with Crippen LogP contribution in [0, 0.1) is 0 Å². The van der Waals surface area contributed by atoms with Gasteiger partial charge in [-0.25, -0.2) is 0 Å². The molecular weight excluding hydrogens is 294 g/mol. The molecule has 4 nitrogen and oxygen atoms in total. The summed E-state index contributed by atoms with van der Waals surface area (Å²) in [4.78, 5) is 14.9. The predicted molar refractivity (Wildman–Crippen MR) is 81.2 cm³/mol. The SMILES string of the molecule is CCc1nnsc1C(=O)N(CC)Cc1ccccc1Cl. The molecule has 0 spiro atoms. The fraction of sp³-hybridized carbons (Fsp3) is 0.357. The molecule has 0 saturated heterocycles. The average molecular weight is 310 g/mol. The number of hydrogen-bond donors (Lipinski definition) is 0. The highest BCUT2D eigenvalue weighted by molar-refractivity contribution is 7.08. The highest BCUT2D eigenvalue weighted by atomic mass is 35.5. The largest absolute Gasteiger partial charge is 0.334 e. The molecule has 20 heavy (non-hydrogen) atoms. The number of aryl methyl sites for hydroxylation is 1. The van der Waals surface area contributed by atoms with Gasteiger partial charge in [0.2, 0.25) is 0 Å². The normalized spacial score (nSPS) is 10.6. The molecular formula is C14H16ClN3OS. The first kappa shape index (κ1) is 14.9. The van der Waals surface area contributed by atoms with E-state index in [-0.39, 0.29) is 5.91 Å². The maximum atomic E-state index is 12.5. The summed E-state index contributed by atoms with van der Waals surface area (Å²) in [6, 6.07) is 7.57. The number of nitrogens with zero attached hydrogens (tertiary/aromatic N) is 3. The van der Waals surface area contributed by atoms with Crippen LogP contribution in [0.25, 0.3) is 0 Å². The van der Waals surface area contributed by atoms with Crippen LogP contribution in [0.4, 0.5) is 0 Å². The van der Waals surface area contributed by atoms with Crippen molar-refractivity contribution in [2.24, 2.45) is 0 Å². The first-order valence-corrected chi connectivity index (χ1v) is 7.66. The van der Waals surface area contributed by atoms with Crippen molar-refractivity contribution in [3.05, 3.63) is 45.4 Å². The third-order valence-corrected chi connectivity index (χ3v) is 4.20. The second-order valence-corrected chi connectivity index (χ2v) is 5.47. The summed E-state index contributed by atoms with van der Waals surface area (Å²) >= 11 is 7.31. The zero-order valence-corrected chi connectivity index (χ0v) is 13.0. The maximum Gasteiger partial charge on any atom is 0.267 e. The van der Waals surface area contributed by atoms with Gasteiger partial charge in [-0.2, -0.15) is 0 Å². The van der Waals surface area contributed by atoms with E-state index in [4.69, 9.17) is 11.6 Å². The van der Waals surface area contributed by atoms with Gasteiger partial charge in [0.15, 0.2) is 0 Å². The number of benzene rings is 1. The first-order chi connectivity index (χ1) is 9.67. The fourth-order valence-corrected chi connectivity index (χ4v) is 2.82. The molecule has 106 valence electrons. The van der Waals surface area contributed by atoms with Crippen molar-refractivity contribution in [2.45, 2.75) is 26.8 Å². The van der Waals surface area contributed by atoms with Gasteiger partial charge in [0.25, 0.3) is 5.91 Å². The monoisotopic (exact) mass is 309 g/mol. The summed E-state index contributed by atoms with van der Waals surface area (Å²) in [5, 5.41) is 4.67. The summed E-state index contributed by atoms with van der Waals surface area (Å²) in [5.41, 5.74) is 1.71. The molecule has 0 aliphatic rings. The molecule has 0 saturated carbocycles. The lowest BCUT2D eigenvalue weighted by Gasteiger charge is -2.21. The number of rotatable bonds is 5. The molecule has 2 rings (SSSR count). The van der Waals surface area contributed by atoms with Crippen LogP contribution in [0.15, 0.2) is 24.3 Å². The van der Waals surface area contributed by atoms with E-state index in [1.54, 1.807) is 4.90 Å². The first-order valence-electron chi connectivity index (χ1n) is 6.51. The Morgan fingerprint density at radius 2 is 2.10 bits per heavy atom. The molecule has 1 aromatic heterocycles. The quantitative estimate of drug-likeness (QED) is 0.850. The average Bonchev–Trinajstić information content (AvgIpc) is 2.94. The van der Waals surface area contributed by atoms with E-state index in [2.05, 4.69) is 9.59 Å². The maximum absolute atomic E-state index is 12.5. The van der Waals surface area contributed by atoms with E-state index in [1.165, 1.54) is 0 Å². The van der Waals surface area contributed by atoms with Crippen LogP contribution < -0.4 is 0 Å². The second kappa shape index (κ2) is 6.81. The van der Waals surface area contributed by atoms with Gasteiger partial charge in [-0.1, -0.05) is 41.2 Å². The van der Waals surface area contributed by atoms with E-state index in [1.807, 2.05) is 38.1 Å². The second-order valence-electron chi connectivity index (χ2n) is 4.31. The lowest BCUT2D eigenvalue weighted by atomic mass is 10.2. The molecule has 6 heteroatoms. The minimum atomic E-state index is -0.0285. The van der Waals surface area contributed by atoms with Crippen molar-refractivity contribution in [1.82, 2.24) is 14.5 Å². The zero-order valence-electron chi connectivity index (χ0n) is 11.5. The van der Waals surface area contributed by atoms with E-state index in [9.17, 15) is 4.79 Å². The molecule has 2 aromatic rings. The minimum absolute atomic E-state index is 0.0285. The van der Waals surface area contributed by atoms with Crippen molar-refractivity contribution < 1.29 is 4.79 Å². The lowest BCUT2D eigenvalue weighted by Crippen LogP contribution is -2.30. The van der Waals surface area contributed by atoms with Crippen molar-refractivity contribution in [3.8, 4) is 0 Å². The van der Waals surface area contributed by atoms with Gasteiger partial charge in [0.1, 0.15) is 4.88 Å². The Kier molecular flexibility index (Phi) is 5.09. The van der Waals surface area contributed by atoms with E-state index < -0.39 is 0 Å². The summed E-state index contributed by atoms with van der Waals surface area (Å²) in [6.07, 6.45) is 0.710. The van der Waals surface area contributed by atoms with Crippen LogP contribution in [0.5, 0.6) is 0 Å². The lowest BCUT2D eigenvalue weighted by molar-refractivity contribution is 0.0756. The predicted octanol–water partition coefficient (Wildman–Crippen LogP) is 3.42. The molecule has 0 N–H and O–H groups in total. The third kappa shape index (κ3) is 3.16. The smallest absolute Gasteiger partial charge is 0.267 e. The van der Waals surface area contributed by atoms with E-state index in [0.717, 1.165) is 22.8 Å². The molecule has 0 bridgehead atoms. The van der Waals surface area contributed by atoms with Crippen molar-refractivity contribution in [1.29, 1.82) is 0 Å². The Balaban J connectivity index is 2.20. The van der Waals surface area contributed by atoms with Crippen LogP contribution in [0.1, 0.15) is 34.8 Å². The summed E-state index contributed by atoms with van der Waals surface area (Å²) < 4.78 is 3.87. The number of carbonyl (C=O) groups is 1. The Morgan fingerprint density at radius 3 is 2.75 bits per heavy atom. The third-order valence-electron chi connectivity index (χ3n) is 3.07. The van der Waals surface area contributed by atoms with E-state index >= 15 is 0 Å². The summed E-state index contributed by atoms with van der Waals surface area (Å²) in [7, 11) is 0. The van der Waals surface area contributed by atoms with Gasteiger partial charge >= 0.3 is 0 Å². The number of halogens is 1. The molecule has 0 unspecified atom stereocenters. The standard InChI is InChI=1S/C14H16ClN3OS/c1-3-12-13(20-17-16-12)14(19)18(4-2)9-10-7-5-6-8-11(10)15/h5-8H,3-4,9H2,1-2H3. The summed E-state index contributed by atoms with van der Waals surface area (Å²) in [5.74, 6) is -0.0285. The molecule has 0 aliphatic heterocycles. The zero-order chi connectivity index (χ0) is 14.5. The molecule has 1 amide bonds. The van der Waals surface area contributed by atoms with Crippen LogP contribution in [0.2, 0.25) is 5.02 Å². The number of hydrogen-bond acceptors (Lipinski definition) is 4. The van der Waals surface area contributed by atoms with Gasteiger partial charge in [0, 0.05) is 18.1 Å². The van der Waals surface area contributed by atoms with Gasteiger partial charge in [0.05, 0.1) is 5.69 Å². The van der Waals surface area contributed by atoms with Gasteiger partial charge in [-0.15, -0.1) is 5.10 Å². The van der Waals surface area contributed by atoms with Gasteiger partial charge in [-0.05, 0) is 36.5 Å². The van der Waals surface area contributed by atoms with Crippen LogP contribution in [-0.2, 0) is 13.0 Å². The summed E-state index contributed by atoms with van der Waals surface area (Å²) in [6.45, 7) is 5.04. The topological polar surface area (TPSA) is 46.1 Å². The number of amides is 1. The minimum Gasteiger partial charge on any atom is -0.334 e. The van der Waals surface area contributed by atoms with Crippen LogP contribution >= 0.6 is 23.1 Å². The van der Waals surface area contributed by atoms with Crippen molar-refractivity contribution in [2.75, 3.05) is 6.54 Å². The fourth-order valence-electron chi connectivity index (χ4n) is 1.91. The Labute approximate surface area is 127 Å². The van der Waals surface area contributed by atoms with Crippen molar-refractivity contribution in [3.63, 3.8) is 0 Å². The number of aromatic nitrogens is 2. The van der Waals surface area contributed by atoms with Crippen LogP contribution in [-0.4, -0.2) is 26.9 Å². The highest BCUT2D eigenvalue weighted by Crippen LogP contribution is 2.20. The van der Waals surface area contributed by atoms with Gasteiger partial charge < -0.3 is 4.90 Å². The molecule has 0 aliphatic carbocycles.